The van der Waals surface area contributed by atoms with Gasteiger partial charge in [0.15, 0.2) is 6.10 Å². The number of nitrogens with zero attached hydrogens (tertiary/aromatic N) is 2. The highest BCUT2D eigenvalue weighted by atomic mass is 32.2. The number of benzene rings is 1. The van der Waals surface area contributed by atoms with E-state index in [0.29, 0.717) is 5.75 Å². The predicted molar refractivity (Wildman–Crippen MR) is 107 cm³/mol. The SMILES string of the molecule is COC(=O)c1csc(S(=O)(=O)N2CCN(C(=O)[C@@H](C)Oc3ccc(F)cc3)CC2)c1. The molecule has 1 atom stereocenters. The first-order valence-electron chi connectivity index (χ1n) is 9.10. The van der Waals surface area contributed by atoms with Crippen LogP contribution in [0.5, 0.6) is 5.75 Å². The summed E-state index contributed by atoms with van der Waals surface area (Å²) in [6.45, 7) is 2.27. The summed E-state index contributed by atoms with van der Waals surface area (Å²) in [6.07, 6.45) is -0.793. The summed E-state index contributed by atoms with van der Waals surface area (Å²) in [6, 6.07) is 6.65. The van der Waals surface area contributed by atoms with Crippen LogP contribution < -0.4 is 4.74 Å². The Morgan fingerprint density at radius 2 is 1.77 bits per heavy atom. The van der Waals surface area contributed by atoms with Gasteiger partial charge in [-0.25, -0.2) is 17.6 Å². The highest BCUT2D eigenvalue weighted by molar-refractivity contribution is 7.91. The van der Waals surface area contributed by atoms with Crippen molar-refractivity contribution in [2.24, 2.45) is 0 Å². The Morgan fingerprint density at radius 3 is 2.37 bits per heavy atom. The van der Waals surface area contributed by atoms with E-state index in [9.17, 15) is 22.4 Å². The number of halogens is 1. The fourth-order valence-corrected chi connectivity index (χ4v) is 5.70. The number of amides is 1. The van der Waals surface area contributed by atoms with Gasteiger partial charge in [-0.05, 0) is 37.3 Å². The van der Waals surface area contributed by atoms with Crippen molar-refractivity contribution >= 4 is 33.2 Å². The lowest BCUT2D eigenvalue weighted by Gasteiger charge is -2.34. The van der Waals surface area contributed by atoms with Crippen LogP contribution in [-0.2, 0) is 19.6 Å². The Hall–Kier alpha value is -2.50. The lowest BCUT2D eigenvalue weighted by atomic mass is 10.2. The molecule has 1 aliphatic rings. The predicted octanol–water partition coefficient (Wildman–Crippen LogP) is 1.97. The molecule has 2 aromatic rings. The molecule has 11 heteroatoms. The van der Waals surface area contributed by atoms with E-state index < -0.39 is 27.9 Å². The quantitative estimate of drug-likeness (QED) is 0.617. The Bertz CT molecular complexity index is 1010. The molecule has 0 spiro atoms. The van der Waals surface area contributed by atoms with Crippen LogP contribution in [0.2, 0.25) is 0 Å². The summed E-state index contributed by atoms with van der Waals surface area (Å²) in [4.78, 5) is 25.7. The number of sulfonamides is 1. The number of hydrogen-bond acceptors (Lipinski definition) is 7. The third-order valence-corrected chi connectivity index (χ3v) is 7.93. The number of carbonyl (C=O) groups is 2. The lowest BCUT2D eigenvalue weighted by molar-refractivity contribution is -0.139. The minimum Gasteiger partial charge on any atom is -0.481 e. The van der Waals surface area contributed by atoms with E-state index in [1.54, 1.807) is 6.92 Å². The number of ether oxygens (including phenoxy) is 2. The molecule has 162 valence electrons. The molecule has 3 rings (SSSR count). The number of piperazine rings is 1. The molecule has 0 saturated carbocycles. The molecule has 1 fully saturated rings. The standard InChI is InChI=1S/C19H21FN2O6S2/c1-13(28-16-5-3-15(20)4-6-16)18(23)21-7-9-22(10-8-21)30(25,26)17-11-14(12-29-17)19(24)27-2/h3-6,11-13H,7-10H2,1-2H3/t13-/m1/s1. The fourth-order valence-electron chi connectivity index (χ4n) is 2.98. The molecule has 1 aromatic carbocycles. The second kappa shape index (κ2) is 9.11. The van der Waals surface area contributed by atoms with Gasteiger partial charge in [-0.1, -0.05) is 0 Å². The fraction of sp³-hybridized carbons (Fsp3) is 0.368. The average Bonchev–Trinajstić information content (AvgIpc) is 3.25. The first-order valence-corrected chi connectivity index (χ1v) is 11.4. The minimum atomic E-state index is -3.77. The highest BCUT2D eigenvalue weighted by Gasteiger charge is 2.33. The van der Waals surface area contributed by atoms with Crippen molar-refractivity contribution in [3.63, 3.8) is 0 Å². The third-order valence-electron chi connectivity index (χ3n) is 4.62. The van der Waals surface area contributed by atoms with Crippen LogP contribution in [-0.4, -0.2) is 68.9 Å². The van der Waals surface area contributed by atoms with E-state index >= 15 is 0 Å². The first-order chi connectivity index (χ1) is 14.2. The topological polar surface area (TPSA) is 93.2 Å². The molecule has 30 heavy (non-hydrogen) atoms. The Balaban J connectivity index is 1.59. The van der Waals surface area contributed by atoms with Crippen LogP contribution in [0.15, 0.2) is 39.9 Å². The van der Waals surface area contributed by atoms with Crippen molar-refractivity contribution in [2.75, 3.05) is 33.3 Å². The van der Waals surface area contributed by atoms with Gasteiger partial charge < -0.3 is 14.4 Å². The number of hydrogen-bond donors (Lipinski definition) is 0. The molecule has 0 radical (unpaired) electrons. The molecular weight excluding hydrogens is 435 g/mol. The molecule has 0 bridgehead atoms. The molecule has 1 saturated heterocycles. The van der Waals surface area contributed by atoms with Crippen molar-refractivity contribution in [3.8, 4) is 5.75 Å². The number of esters is 1. The average molecular weight is 457 g/mol. The van der Waals surface area contributed by atoms with Crippen molar-refractivity contribution in [1.29, 1.82) is 0 Å². The zero-order valence-corrected chi connectivity index (χ0v) is 18.0. The van der Waals surface area contributed by atoms with Crippen molar-refractivity contribution in [2.45, 2.75) is 17.2 Å². The largest absolute Gasteiger partial charge is 0.481 e. The first kappa shape index (κ1) is 22.2. The smallest absolute Gasteiger partial charge is 0.338 e. The molecule has 1 amide bonds. The van der Waals surface area contributed by atoms with Crippen LogP contribution in [0.25, 0.3) is 0 Å². The molecule has 0 N–H and O–H groups in total. The van der Waals surface area contributed by atoms with E-state index in [-0.39, 0.29) is 41.9 Å². The third kappa shape index (κ3) is 4.79. The summed E-state index contributed by atoms with van der Waals surface area (Å²) in [5.41, 5.74) is 0.182. The van der Waals surface area contributed by atoms with Crippen molar-refractivity contribution in [3.05, 3.63) is 47.1 Å². The zero-order chi connectivity index (χ0) is 21.9. The monoisotopic (exact) mass is 456 g/mol. The molecule has 0 aliphatic carbocycles. The molecule has 2 heterocycles. The number of rotatable bonds is 6. The maximum Gasteiger partial charge on any atom is 0.338 e. The van der Waals surface area contributed by atoms with Crippen LogP contribution >= 0.6 is 11.3 Å². The Labute approximate surface area is 177 Å². The molecular formula is C19H21FN2O6S2. The van der Waals surface area contributed by atoms with Crippen molar-refractivity contribution < 1.29 is 31.9 Å². The van der Waals surface area contributed by atoms with Crippen molar-refractivity contribution in [1.82, 2.24) is 9.21 Å². The van der Waals surface area contributed by atoms with Gasteiger partial charge in [-0.2, -0.15) is 4.31 Å². The van der Waals surface area contributed by atoms with Gasteiger partial charge in [0, 0.05) is 31.6 Å². The molecule has 8 nitrogen and oxygen atoms in total. The zero-order valence-electron chi connectivity index (χ0n) is 16.4. The Kier molecular flexibility index (Phi) is 6.74. The van der Waals surface area contributed by atoms with Gasteiger partial charge in [0.1, 0.15) is 15.8 Å². The number of methoxy groups -OCH3 is 1. The maximum atomic E-state index is 13.0. The second-order valence-corrected chi connectivity index (χ2v) is 9.67. The maximum absolute atomic E-state index is 13.0. The number of carbonyl (C=O) groups excluding carboxylic acids is 2. The van der Waals surface area contributed by atoms with Crippen LogP contribution in [0.4, 0.5) is 4.39 Å². The summed E-state index contributed by atoms with van der Waals surface area (Å²) < 4.78 is 50.1. The van der Waals surface area contributed by atoms with E-state index in [4.69, 9.17) is 4.74 Å². The number of thiophene rings is 1. The van der Waals surface area contributed by atoms with Gasteiger partial charge in [0.2, 0.25) is 0 Å². The van der Waals surface area contributed by atoms with E-state index in [1.807, 2.05) is 0 Å². The van der Waals surface area contributed by atoms with Gasteiger partial charge in [-0.15, -0.1) is 11.3 Å². The minimum absolute atomic E-state index is 0.0516. The summed E-state index contributed by atoms with van der Waals surface area (Å²) in [7, 11) is -2.54. The lowest BCUT2D eigenvalue weighted by Crippen LogP contribution is -2.53. The van der Waals surface area contributed by atoms with E-state index in [2.05, 4.69) is 4.74 Å². The molecule has 1 aliphatic heterocycles. The molecule has 1 aromatic heterocycles. The summed E-state index contributed by atoms with van der Waals surface area (Å²) in [5, 5.41) is 1.44. The highest BCUT2D eigenvalue weighted by Crippen LogP contribution is 2.25. The van der Waals surface area contributed by atoms with Crippen LogP contribution in [0.3, 0.4) is 0 Å². The van der Waals surface area contributed by atoms with E-state index in [0.717, 1.165) is 11.3 Å². The van der Waals surface area contributed by atoms with Gasteiger partial charge >= 0.3 is 5.97 Å². The second-order valence-electron chi connectivity index (χ2n) is 6.59. The van der Waals surface area contributed by atoms with Gasteiger partial charge in [-0.3, -0.25) is 4.79 Å². The van der Waals surface area contributed by atoms with E-state index in [1.165, 1.54) is 52.0 Å². The molecule has 0 unspecified atom stereocenters. The van der Waals surface area contributed by atoms with Crippen LogP contribution in [0.1, 0.15) is 17.3 Å². The van der Waals surface area contributed by atoms with Crippen LogP contribution in [0, 0.1) is 5.82 Å². The Morgan fingerprint density at radius 1 is 1.13 bits per heavy atom. The summed E-state index contributed by atoms with van der Waals surface area (Å²) in [5.74, 6) is -0.903. The normalized spacial score (nSPS) is 16.2. The van der Waals surface area contributed by atoms with Gasteiger partial charge in [0.25, 0.3) is 15.9 Å². The summed E-state index contributed by atoms with van der Waals surface area (Å²) >= 11 is 0.950. The van der Waals surface area contributed by atoms with Gasteiger partial charge in [0.05, 0.1) is 12.7 Å².